The van der Waals surface area contributed by atoms with Crippen molar-refractivity contribution in [3.63, 3.8) is 0 Å². The molecule has 1 saturated carbocycles. The molecular weight excluding hydrogens is 398 g/mol. The normalized spacial score (nSPS) is 30.4. The summed E-state index contributed by atoms with van der Waals surface area (Å²) in [6.07, 6.45) is 5.92. The third-order valence-corrected chi connectivity index (χ3v) is 7.74. The van der Waals surface area contributed by atoms with Crippen LogP contribution in [0.25, 0.3) is 0 Å². The largest absolute Gasteiger partial charge is 0.379 e. The molecule has 2 unspecified atom stereocenters. The molecule has 1 aromatic carbocycles. The Bertz CT molecular complexity index is 648. The van der Waals surface area contributed by atoms with Gasteiger partial charge in [0.2, 0.25) is 0 Å². The lowest BCUT2D eigenvalue weighted by atomic mass is 9.69. The summed E-state index contributed by atoms with van der Waals surface area (Å²) in [4.78, 5) is 0. The fraction of sp³-hybridized carbons (Fsp3) is 0.700. The Hall–Kier alpha value is -0.230. The summed E-state index contributed by atoms with van der Waals surface area (Å²) in [5, 5.41) is 0. The van der Waals surface area contributed by atoms with Crippen LogP contribution in [0.15, 0.2) is 22.7 Å². The zero-order valence-corrected chi connectivity index (χ0v) is 18.1. The number of hydrogen-bond donors (Lipinski definition) is 1. The van der Waals surface area contributed by atoms with Crippen LogP contribution in [0.1, 0.15) is 70.5 Å². The van der Waals surface area contributed by atoms with E-state index in [-0.39, 0.29) is 16.2 Å². The molecule has 2 aliphatic carbocycles. The Morgan fingerprint density at radius 1 is 1.32 bits per heavy atom. The van der Waals surface area contributed by atoms with Gasteiger partial charge in [-0.25, -0.2) is 8.93 Å². The van der Waals surface area contributed by atoms with Crippen LogP contribution in [0.4, 0.5) is 0 Å². The summed E-state index contributed by atoms with van der Waals surface area (Å²) in [6.45, 7) is 8.97. The van der Waals surface area contributed by atoms with E-state index in [1.54, 1.807) is 0 Å². The molecule has 3 nitrogen and oxygen atoms in total. The topological polar surface area (TPSA) is 38.3 Å². The van der Waals surface area contributed by atoms with Gasteiger partial charge in [-0.1, -0.05) is 22.0 Å². The second-order valence-electron chi connectivity index (χ2n) is 8.47. The number of benzene rings is 1. The molecule has 0 radical (unpaired) electrons. The standard InChI is InChI=1S/C20H30BrNO2S/c1-5-24-16-8-10-20(11-9-16)13-14-6-7-15(21)12-17(14)18(20)22-25(23)19(2,3)4/h6-7,12,16,18,22H,5,8-11,13H2,1-4H3. The first-order chi connectivity index (χ1) is 11.7. The van der Waals surface area contributed by atoms with Crippen LogP contribution < -0.4 is 4.72 Å². The first-order valence-electron chi connectivity index (χ1n) is 9.33. The van der Waals surface area contributed by atoms with Crippen LogP contribution in [0.2, 0.25) is 0 Å². The molecule has 0 heterocycles. The lowest BCUT2D eigenvalue weighted by Crippen LogP contribution is -2.44. The molecule has 2 atom stereocenters. The molecule has 0 aliphatic heterocycles. The van der Waals surface area contributed by atoms with E-state index in [0.717, 1.165) is 43.2 Å². The third-order valence-electron chi connectivity index (χ3n) is 5.69. The van der Waals surface area contributed by atoms with Gasteiger partial charge in [0, 0.05) is 11.1 Å². The van der Waals surface area contributed by atoms with E-state index in [2.05, 4.69) is 45.8 Å². The summed E-state index contributed by atoms with van der Waals surface area (Å²) in [5.74, 6) is 0. The molecule has 1 fully saturated rings. The minimum absolute atomic E-state index is 0.155. The lowest BCUT2D eigenvalue weighted by molar-refractivity contribution is -0.00346. The van der Waals surface area contributed by atoms with Gasteiger partial charge >= 0.3 is 0 Å². The molecule has 1 spiro atoms. The molecule has 0 bridgehead atoms. The molecule has 1 aromatic rings. The Morgan fingerprint density at radius 2 is 2.00 bits per heavy atom. The van der Waals surface area contributed by atoms with E-state index in [4.69, 9.17) is 4.74 Å². The van der Waals surface area contributed by atoms with Crippen LogP contribution in [-0.4, -0.2) is 21.7 Å². The number of nitrogens with one attached hydrogen (secondary N) is 1. The summed E-state index contributed by atoms with van der Waals surface area (Å²) in [5.41, 5.74) is 2.89. The summed E-state index contributed by atoms with van der Waals surface area (Å²) < 4.78 is 23.1. The maximum Gasteiger partial charge on any atom is 0.0976 e. The van der Waals surface area contributed by atoms with Gasteiger partial charge in [0.05, 0.1) is 27.9 Å². The van der Waals surface area contributed by atoms with Crippen LogP contribution in [0, 0.1) is 5.41 Å². The average Bonchev–Trinajstić information content (AvgIpc) is 2.82. The summed E-state index contributed by atoms with van der Waals surface area (Å²) in [7, 11) is -1.08. The summed E-state index contributed by atoms with van der Waals surface area (Å²) >= 11 is 3.62. The van der Waals surface area contributed by atoms with Crippen molar-refractivity contribution in [1.82, 2.24) is 4.72 Å². The first kappa shape index (κ1) is 19.5. The highest BCUT2D eigenvalue weighted by molar-refractivity contribution is 9.10. The smallest absolute Gasteiger partial charge is 0.0976 e. The molecular formula is C20H30BrNO2S. The van der Waals surface area contributed by atoms with Gasteiger partial charge in [-0.05, 0) is 88.5 Å². The fourth-order valence-electron chi connectivity index (χ4n) is 4.31. The Labute approximate surface area is 163 Å². The SMILES string of the molecule is CCOC1CCC2(CC1)Cc1ccc(Br)cc1C2NS(=O)C(C)(C)C. The van der Waals surface area contributed by atoms with E-state index < -0.39 is 11.0 Å². The molecule has 140 valence electrons. The lowest BCUT2D eigenvalue weighted by Gasteiger charge is -2.42. The zero-order chi connectivity index (χ0) is 18.2. The number of rotatable bonds is 4. The Kier molecular flexibility index (Phi) is 5.79. The van der Waals surface area contributed by atoms with Crippen molar-refractivity contribution < 1.29 is 8.95 Å². The second-order valence-corrected chi connectivity index (χ2v) is 11.4. The number of ether oxygens (including phenoxy) is 1. The van der Waals surface area contributed by atoms with Crippen LogP contribution in [0.3, 0.4) is 0 Å². The van der Waals surface area contributed by atoms with E-state index >= 15 is 0 Å². The molecule has 5 heteroatoms. The Morgan fingerprint density at radius 3 is 2.60 bits per heavy atom. The minimum atomic E-state index is -1.08. The number of fused-ring (bicyclic) bond motifs is 1. The van der Waals surface area contributed by atoms with Gasteiger partial charge in [0.1, 0.15) is 0 Å². The van der Waals surface area contributed by atoms with Crippen molar-refractivity contribution in [3.05, 3.63) is 33.8 Å². The van der Waals surface area contributed by atoms with E-state index in [0.29, 0.717) is 6.10 Å². The maximum atomic E-state index is 12.9. The first-order valence-corrected chi connectivity index (χ1v) is 11.3. The van der Waals surface area contributed by atoms with Crippen LogP contribution in [-0.2, 0) is 22.1 Å². The highest BCUT2D eigenvalue weighted by atomic mass is 79.9. The van der Waals surface area contributed by atoms with E-state index in [9.17, 15) is 4.21 Å². The molecule has 25 heavy (non-hydrogen) atoms. The minimum Gasteiger partial charge on any atom is -0.379 e. The molecule has 0 amide bonds. The molecule has 3 rings (SSSR count). The van der Waals surface area contributed by atoms with Gasteiger partial charge in [0.15, 0.2) is 0 Å². The van der Waals surface area contributed by atoms with Gasteiger partial charge in [-0.2, -0.15) is 0 Å². The monoisotopic (exact) mass is 427 g/mol. The second kappa shape index (κ2) is 7.41. The van der Waals surface area contributed by atoms with Crippen molar-refractivity contribution >= 4 is 26.9 Å². The van der Waals surface area contributed by atoms with Crippen molar-refractivity contribution in [3.8, 4) is 0 Å². The van der Waals surface area contributed by atoms with Crippen molar-refractivity contribution in [2.45, 2.75) is 76.7 Å². The van der Waals surface area contributed by atoms with Crippen LogP contribution in [0.5, 0.6) is 0 Å². The van der Waals surface area contributed by atoms with Crippen molar-refractivity contribution in [1.29, 1.82) is 0 Å². The zero-order valence-electron chi connectivity index (χ0n) is 15.7. The van der Waals surface area contributed by atoms with Gasteiger partial charge in [0.25, 0.3) is 0 Å². The highest BCUT2D eigenvalue weighted by Gasteiger charge is 2.49. The number of hydrogen-bond acceptors (Lipinski definition) is 2. The molecule has 1 N–H and O–H groups in total. The van der Waals surface area contributed by atoms with Crippen molar-refractivity contribution in [2.24, 2.45) is 5.41 Å². The average molecular weight is 428 g/mol. The Balaban J connectivity index is 1.89. The van der Waals surface area contributed by atoms with Gasteiger partial charge in [-0.3, -0.25) is 0 Å². The van der Waals surface area contributed by atoms with E-state index in [1.807, 2.05) is 20.8 Å². The molecule has 0 saturated heterocycles. The third kappa shape index (κ3) is 4.05. The van der Waals surface area contributed by atoms with Gasteiger partial charge < -0.3 is 4.74 Å². The van der Waals surface area contributed by atoms with E-state index in [1.165, 1.54) is 11.1 Å². The predicted octanol–water partition coefficient (Wildman–Crippen LogP) is 5.06. The predicted molar refractivity (Wildman–Crippen MR) is 108 cm³/mol. The quantitative estimate of drug-likeness (QED) is 0.728. The molecule has 2 aliphatic rings. The van der Waals surface area contributed by atoms with Crippen LogP contribution >= 0.6 is 15.9 Å². The van der Waals surface area contributed by atoms with Crippen molar-refractivity contribution in [2.75, 3.05) is 6.61 Å². The van der Waals surface area contributed by atoms with Gasteiger partial charge in [-0.15, -0.1) is 0 Å². The number of halogens is 1. The summed E-state index contributed by atoms with van der Waals surface area (Å²) in [6, 6.07) is 6.73. The highest BCUT2D eigenvalue weighted by Crippen LogP contribution is 2.55. The maximum absolute atomic E-state index is 12.9. The fourth-order valence-corrected chi connectivity index (χ4v) is 5.64. The molecule has 0 aromatic heterocycles.